The Hall–Kier alpha value is -1.79. The topological polar surface area (TPSA) is 57.4 Å². The molecule has 0 fully saturated rings. The number of halogens is 1. The van der Waals surface area contributed by atoms with Crippen LogP contribution in [0.5, 0.6) is 0 Å². The third-order valence-corrected chi connectivity index (χ3v) is 2.70. The number of rotatable bonds is 6. The van der Waals surface area contributed by atoms with E-state index >= 15 is 0 Å². The molecule has 0 spiro atoms. The highest BCUT2D eigenvalue weighted by atomic mass is 19.1. The zero-order chi connectivity index (χ0) is 14.5. The van der Waals surface area contributed by atoms with Crippen LogP contribution >= 0.6 is 0 Å². The Labute approximate surface area is 116 Å². The highest BCUT2D eigenvalue weighted by Gasteiger charge is 2.20. The highest BCUT2D eigenvalue weighted by molar-refractivity contribution is 5.55. The fraction of sp³-hybridized carbons (Fsp3) is 0.429. The van der Waals surface area contributed by atoms with E-state index in [0.29, 0.717) is 30.2 Å². The second-order valence-corrected chi connectivity index (χ2v) is 4.16. The lowest BCUT2D eigenvalue weighted by Crippen LogP contribution is -2.09. The molecule has 0 N–H and O–H groups in total. The number of aryl methyl sites for hydroxylation is 1. The van der Waals surface area contributed by atoms with Gasteiger partial charge in [-0.05, 0) is 44.5 Å². The first-order chi connectivity index (χ1) is 9.65. The summed E-state index contributed by atoms with van der Waals surface area (Å²) in [6.07, 6.45) is -0.673. The van der Waals surface area contributed by atoms with Crippen LogP contribution in [-0.4, -0.2) is 23.4 Å². The summed E-state index contributed by atoms with van der Waals surface area (Å²) in [5, 5.41) is 3.87. The molecular weight excluding hydrogens is 263 g/mol. The van der Waals surface area contributed by atoms with Crippen molar-refractivity contribution in [1.82, 2.24) is 10.1 Å². The Morgan fingerprint density at radius 1 is 1.25 bits per heavy atom. The third-order valence-electron chi connectivity index (χ3n) is 2.70. The number of benzene rings is 1. The van der Waals surface area contributed by atoms with Crippen molar-refractivity contribution in [2.75, 3.05) is 13.2 Å². The second kappa shape index (κ2) is 6.58. The molecule has 0 amide bonds. The van der Waals surface area contributed by atoms with Gasteiger partial charge in [0.25, 0.3) is 5.89 Å². The van der Waals surface area contributed by atoms with Gasteiger partial charge in [0.1, 0.15) is 5.82 Å². The van der Waals surface area contributed by atoms with Gasteiger partial charge in [-0.3, -0.25) is 0 Å². The van der Waals surface area contributed by atoms with Crippen LogP contribution in [0.25, 0.3) is 11.4 Å². The van der Waals surface area contributed by atoms with Crippen molar-refractivity contribution in [3.8, 4) is 11.4 Å². The summed E-state index contributed by atoms with van der Waals surface area (Å²) in [5.41, 5.74) is 1.21. The summed E-state index contributed by atoms with van der Waals surface area (Å²) in [4.78, 5) is 4.24. The average Bonchev–Trinajstić information content (AvgIpc) is 2.91. The normalized spacial score (nSPS) is 11.2. The van der Waals surface area contributed by atoms with Gasteiger partial charge in [0.05, 0.1) is 0 Å². The quantitative estimate of drug-likeness (QED) is 0.760. The van der Waals surface area contributed by atoms with Crippen LogP contribution in [0, 0.1) is 12.7 Å². The first-order valence-corrected chi connectivity index (χ1v) is 6.49. The van der Waals surface area contributed by atoms with Crippen molar-refractivity contribution in [2.45, 2.75) is 27.1 Å². The lowest BCUT2D eigenvalue weighted by atomic mass is 10.1. The molecule has 0 atom stereocenters. The van der Waals surface area contributed by atoms with Crippen molar-refractivity contribution in [2.24, 2.45) is 0 Å². The van der Waals surface area contributed by atoms with E-state index in [0.717, 1.165) is 0 Å². The van der Waals surface area contributed by atoms with E-state index in [-0.39, 0.29) is 11.7 Å². The largest absolute Gasteiger partial charge is 0.345 e. The standard InChI is InChI=1S/C14H17FN2O3/c1-4-18-14(19-5-2)13-16-12(17-20-13)10-6-7-11(15)9(3)8-10/h6-8,14H,4-5H2,1-3H3. The molecule has 108 valence electrons. The highest BCUT2D eigenvalue weighted by Crippen LogP contribution is 2.23. The zero-order valence-electron chi connectivity index (χ0n) is 11.7. The Morgan fingerprint density at radius 3 is 2.55 bits per heavy atom. The molecule has 0 unspecified atom stereocenters. The van der Waals surface area contributed by atoms with E-state index < -0.39 is 6.29 Å². The first kappa shape index (κ1) is 14.6. The summed E-state index contributed by atoms with van der Waals surface area (Å²) in [5.74, 6) is 0.372. The molecule has 0 aliphatic heterocycles. The predicted octanol–water partition coefficient (Wildman–Crippen LogP) is 3.26. The summed E-state index contributed by atoms with van der Waals surface area (Å²) in [7, 11) is 0. The van der Waals surface area contributed by atoms with E-state index in [1.165, 1.54) is 6.07 Å². The summed E-state index contributed by atoms with van der Waals surface area (Å²) in [6, 6.07) is 4.65. The fourth-order valence-electron chi connectivity index (χ4n) is 1.73. The van der Waals surface area contributed by atoms with Gasteiger partial charge in [-0.2, -0.15) is 4.98 Å². The monoisotopic (exact) mass is 280 g/mol. The smallest absolute Gasteiger partial charge is 0.283 e. The lowest BCUT2D eigenvalue weighted by Gasteiger charge is -2.11. The SMILES string of the molecule is CCOC(OCC)c1nc(-c2ccc(F)c(C)c2)no1. The first-order valence-electron chi connectivity index (χ1n) is 6.49. The molecule has 0 aliphatic rings. The molecule has 0 saturated heterocycles. The average molecular weight is 280 g/mol. The molecule has 1 aromatic carbocycles. The number of aromatic nitrogens is 2. The van der Waals surface area contributed by atoms with Crippen LogP contribution in [0.1, 0.15) is 31.6 Å². The van der Waals surface area contributed by atoms with Gasteiger partial charge < -0.3 is 14.0 Å². The van der Waals surface area contributed by atoms with Crippen molar-refractivity contribution in [1.29, 1.82) is 0 Å². The van der Waals surface area contributed by atoms with Gasteiger partial charge in [0.2, 0.25) is 12.1 Å². The second-order valence-electron chi connectivity index (χ2n) is 4.16. The van der Waals surface area contributed by atoms with Crippen molar-refractivity contribution >= 4 is 0 Å². The van der Waals surface area contributed by atoms with Gasteiger partial charge in [-0.1, -0.05) is 5.16 Å². The molecule has 0 bridgehead atoms. The fourth-order valence-corrected chi connectivity index (χ4v) is 1.73. The molecular formula is C14H17FN2O3. The number of hydrogen-bond acceptors (Lipinski definition) is 5. The molecule has 0 saturated carbocycles. The molecule has 5 nitrogen and oxygen atoms in total. The van der Waals surface area contributed by atoms with Crippen LogP contribution in [0.3, 0.4) is 0 Å². The van der Waals surface area contributed by atoms with E-state index in [2.05, 4.69) is 10.1 Å². The maximum absolute atomic E-state index is 13.2. The lowest BCUT2D eigenvalue weighted by molar-refractivity contribution is -0.155. The van der Waals surface area contributed by atoms with Gasteiger partial charge in [0.15, 0.2) is 0 Å². The number of nitrogens with zero attached hydrogens (tertiary/aromatic N) is 2. The molecule has 20 heavy (non-hydrogen) atoms. The van der Waals surface area contributed by atoms with E-state index in [4.69, 9.17) is 14.0 Å². The molecule has 1 heterocycles. The van der Waals surface area contributed by atoms with Crippen LogP contribution in [0.15, 0.2) is 22.7 Å². The minimum absolute atomic E-state index is 0.255. The van der Waals surface area contributed by atoms with Gasteiger partial charge in [-0.25, -0.2) is 4.39 Å². The Kier molecular flexibility index (Phi) is 4.81. The van der Waals surface area contributed by atoms with Crippen LogP contribution in [0.2, 0.25) is 0 Å². The van der Waals surface area contributed by atoms with Gasteiger partial charge >= 0.3 is 0 Å². The number of ether oxygens (including phenoxy) is 2. The predicted molar refractivity (Wildman–Crippen MR) is 70.4 cm³/mol. The Bertz CT molecular complexity index is 565. The van der Waals surface area contributed by atoms with E-state index in [9.17, 15) is 4.39 Å². The van der Waals surface area contributed by atoms with Crippen molar-refractivity contribution in [3.05, 3.63) is 35.5 Å². The molecule has 6 heteroatoms. The van der Waals surface area contributed by atoms with Gasteiger partial charge in [0, 0.05) is 18.8 Å². The van der Waals surface area contributed by atoms with E-state index in [1.807, 2.05) is 13.8 Å². The minimum Gasteiger partial charge on any atom is -0.345 e. The maximum atomic E-state index is 13.2. The maximum Gasteiger partial charge on any atom is 0.283 e. The Balaban J connectivity index is 2.24. The zero-order valence-corrected chi connectivity index (χ0v) is 11.7. The molecule has 1 aromatic heterocycles. The summed E-state index contributed by atoms with van der Waals surface area (Å²) >= 11 is 0. The Morgan fingerprint density at radius 2 is 1.95 bits per heavy atom. The number of hydrogen-bond donors (Lipinski definition) is 0. The van der Waals surface area contributed by atoms with Crippen LogP contribution in [-0.2, 0) is 9.47 Å². The third kappa shape index (κ3) is 3.20. The molecule has 2 rings (SSSR count). The van der Waals surface area contributed by atoms with Gasteiger partial charge in [-0.15, -0.1) is 0 Å². The molecule has 0 radical (unpaired) electrons. The van der Waals surface area contributed by atoms with E-state index in [1.54, 1.807) is 19.1 Å². The van der Waals surface area contributed by atoms with Crippen molar-refractivity contribution in [3.63, 3.8) is 0 Å². The van der Waals surface area contributed by atoms with Crippen molar-refractivity contribution < 1.29 is 18.4 Å². The molecule has 0 aliphatic carbocycles. The summed E-state index contributed by atoms with van der Waals surface area (Å²) in [6.45, 7) is 6.33. The van der Waals surface area contributed by atoms with Crippen LogP contribution in [0.4, 0.5) is 4.39 Å². The van der Waals surface area contributed by atoms with Crippen LogP contribution < -0.4 is 0 Å². The summed E-state index contributed by atoms with van der Waals surface area (Å²) < 4.78 is 29.2. The molecule has 2 aromatic rings. The minimum atomic E-state index is -0.673.